The van der Waals surface area contributed by atoms with Crippen molar-refractivity contribution >= 4 is 30.5 Å². The van der Waals surface area contributed by atoms with Crippen LogP contribution in [0.25, 0.3) is 6.08 Å². The van der Waals surface area contributed by atoms with Gasteiger partial charge < -0.3 is 20.1 Å². The second kappa shape index (κ2) is 5.53. The predicted octanol–water partition coefficient (Wildman–Crippen LogP) is 1.81. The van der Waals surface area contributed by atoms with E-state index >= 15 is 0 Å². The van der Waals surface area contributed by atoms with Crippen LogP contribution >= 0.6 is 11.3 Å². The number of thiazole rings is 1. The summed E-state index contributed by atoms with van der Waals surface area (Å²) in [5, 5.41) is 10.6. The summed E-state index contributed by atoms with van der Waals surface area (Å²) in [4.78, 5) is 14.9. The normalized spacial score (nSPS) is 20.8. The largest absolute Gasteiger partial charge is 0.491 e. The standard InChI is InChI=1S/C13H19BN2O4S/c1-12(2)13(3,4)20-14(19-12)8(6-15)5-9-7-21-10(16-9)11(17)18/h5,7H,6,15H2,1-4H3,(H,17,18). The summed E-state index contributed by atoms with van der Waals surface area (Å²) < 4.78 is 11.9. The van der Waals surface area contributed by atoms with Gasteiger partial charge in [0, 0.05) is 11.9 Å². The number of hydrogen-bond donors (Lipinski definition) is 2. The second-order valence-electron chi connectivity index (χ2n) is 5.89. The molecule has 0 aromatic carbocycles. The molecule has 2 rings (SSSR count). The third-order valence-corrected chi connectivity index (χ3v) is 4.68. The van der Waals surface area contributed by atoms with Gasteiger partial charge in [-0.05, 0) is 39.2 Å². The number of rotatable bonds is 4. The van der Waals surface area contributed by atoms with E-state index in [1.54, 1.807) is 11.5 Å². The third-order valence-electron chi connectivity index (χ3n) is 3.83. The van der Waals surface area contributed by atoms with Crippen molar-refractivity contribution in [2.75, 3.05) is 6.54 Å². The average molecular weight is 310 g/mol. The second-order valence-corrected chi connectivity index (χ2v) is 6.75. The van der Waals surface area contributed by atoms with Crippen molar-refractivity contribution in [3.8, 4) is 0 Å². The van der Waals surface area contributed by atoms with Crippen LogP contribution in [0.5, 0.6) is 0 Å². The molecule has 1 aliphatic rings. The van der Waals surface area contributed by atoms with E-state index in [1.165, 1.54) is 0 Å². The van der Waals surface area contributed by atoms with Crippen LogP contribution in [0.2, 0.25) is 0 Å². The van der Waals surface area contributed by atoms with Crippen LogP contribution in [0.4, 0.5) is 0 Å². The molecule has 0 saturated carbocycles. The molecule has 0 radical (unpaired) electrons. The molecule has 8 heteroatoms. The minimum atomic E-state index is -1.04. The van der Waals surface area contributed by atoms with Crippen LogP contribution in [-0.2, 0) is 9.31 Å². The van der Waals surface area contributed by atoms with Crippen LogP contribution in [0.1, 0.15) is 43.2 Å². The van der Waals surface area contributed by atoms with Crippen LogP contribution in [0.3, 0.4) is 0 Å². The zero-order valence-electron chi connectivity index (χ0n) is 12.5. The highest BCUT2D eigenvalue weighted by Crippen LogP contribution is 2.38. The molecule has 1 fully saturated rings. The number of nitrogens with zero attached hydrogens (tertiary/aromatic N) is 1. The summed E-state index contributed by atoms with van der Waals surface area (Å²) in [5.74, 6) is -1.04. The lowest BCUT2D eigenvalue weighted by atomic mass is 9.77. The first-order valence-corrected chi connectivity index (χ1v) is 7.49. The molecule has 0 aliphatic carbocycles. The molecular weight excluding hydrogens is 291 g/mol. The maximum Gasteiger partial charge on any atom is 0.491 e. The average Bonchev–Trinajstić information content (AvgIpc) is 2.90. The summed E-state index contributed by atoms with van der Waals surface area (Å²) in [5.41, 5.74) is 6.17. The molecule has 21 heavy (non-hydrogen) atoms. The molecule has 3 N–H and O–H groups in total. The topological polar surface area (TPSA) is 94.7 Å². The quantitative estimate of drug-likeness (QED) is 0.824. The fraction of sp³-hybridized carbons (Fsp3) is 0.538. The number of aromatic carboxylic acids is 1. The molecular formula is C13H19BN2O4S. The number of hydrogen-bond acceptors (Lipinski definition) is 6. The Morgan fingerprint density at radius 2 is 2.00 bits per heavy atom. The van der Waals surface area contributed by atoms with Crippen LogP contribution in [0, 0.1) is 0 Å². The van der Waals surface area contributed by atoms with Gasteiger partial charge in [-0.15, -0.1) is 11.3 Å². The fourth-order valence-corrected chi connectivity index (χ4v) is 2.47. The summed E-state index contributed by atoms with van der Waals surface area (Å²) in [6.45, 7) is 8.11. The molecule has 1 aromatic heterocycles. The number of carboxylic acid groups (broad SMARTS) is 1. The highest BCUT2D eigenvalue weighted by molar-refractivity contribution is 7.11. The Kier molecular flexibility index (Phi) is 4.25. The zero-order chi connectivity index (χ0) is 15.8. The van der Waals surface area contributed by atoms with Gasteiger partial charge in [0.1, 0.15) is 0 Å². The van der Waals surface area contributed by atoms with E-state index in [0.29, 0.717) is 5.69 Å². The zero-order valence-corrected chi connectivity index (χ0v) is 13.4. The molecule has 1 saturated heterocycles. The van der Waals surface area contributed by atoms with Gasteiger partial charge in [-0.2, -0.15) is 0 Å². The maximum atomic E-state index is 10.8. The van der Waals surface area contributed by atoms with Crippen molar-refractivity contribution in [3.63, 3.8) is 0 Å². The van der Waals surface area contributed by atoms with Crippen molar-refractivity contribution in [1.82, 2.24) is 4.98 Å². The van der Waals surface area contributed by atoms with E-state index in [0.717, 1.165) is 16.8 Å². The Labute approximate surface area is 128 Å². The van der Waals surface area contributed by atoms with Gasteiger partial charge in [0.25, 0.3) is 0 Å². The monoisotopic (exact) mass is 310 g/mol. The summed E-state index contributed by atoms with van der Waals surface area (Å²) >= 11 is 1.07. The van der Waals surface area contributed by atoms with E-state index in [1.807, 2.05) is 27.7 Å². The van der Waals surface area contributed by atoms with Crippen molar-refractivity contribution < 1.29 is 19.2 Å². The molecule has 2 heterocycles. The molecule has 6 nitrogen and oxygen atoms in total. The first kappa shape index (κ1) is 16.2. The summed E-state index contributed by atoms with van der Waals surface area (Å²) in [6.07, 6.45) is 1.73. The number of carbonyl (C=O) groups is 1. The van der Waals surface area contributed by atoms with E-state index in [4.69, 9.17) is 20.1 Å². The number of aromatic nitrogens is 1. The Hall–Kier alpha value is -1.22. The molecule has 114 valence electrons. The van der Waals surface area contributed by atoms with Gasteiger partial charge >= 0.3 is 13.1 Å². The first-order valence-electron chi connectivity index (χ1n) is 6.61. The lowest BCUT2D eigenvalue weighted by molar-refractivity contribution is 0.00578. The first-order chi connectivity index (χ1) is 9.66. The van der Waals surface area contributed by atoms with E-state index in [9.17, 15) is 4.79 Å². The maximum absolute atomic E-state index is 10.8. The van der Waals surface area contributed by atoms with Gasteiger partial charge in [-0.1, -0.05) is 0 Å². The summed E-state index contributed by atoms with van der Waals surface area (Å²) in [7, 11) is -0.546. The molecule has 0 unspecified atom stereocenters. The Bertz CT molecular complexity index is 566. The molecule has 0 amide bonds. The van der Waals surface area contributed by atoms with Gasteiger partial charge in [0.15, 0.2) is 0 Å². The highest BCUT2D eigenvalue weighted by atomic mass is 32.1. The number of carboxylic acids is 1. The fourth-order valence-electron chi connectivity index (χ4n) is 1.86. The Balaban J connectivity index is 2.24. The van der Waals surface area contributed by atoms with Gasteiger partial charge in [0.05, 0.1) is 16.9 Å². The lowest BCUT2D eigenvalue weighted by Crippen LogP contribution is -2.41. The predicted molar refractivity (Wildman–Crippen MR) is 82.2 cm³/mol. The van der Waals surface area contributed by atoms with Crippen molar-refractivity contribution in [2.45, 2.75) is 38.9 Å². The van der Waals surface area contributed by atoms with Gasteiger partial charge in [0.2, 0.25) is 5.01 Å². The SMILES string of the molecule is CC1(C)OB(C(=Cc2csc(C(=O)O)n2)CN)OC1(C)C. The van der Waals surface area contributed by atoms with Crippen LogP contribution in [0.15, 0.2) is 10.9 Å². The van der Waals surface area contributed by atoms with Crippen molar-refractivity contribution in [1.29, 1.82) is 0 Å². The van der Waals surface area contributed by atoms with Crippen LogP contribution in [-0.4, -0.2) is 40.9 Å². The minimum Gasteiger partial charge on any atom is -0.476 e. The smallest absolute Gasteiger partial charge is 0.476 e. The molecule has 0 bridgehead atoms. The van der Waals surface area contributed by atoms with E-state index < -0.39 is 24.3 Å². The number of nitrogens with two attached hydrogens (primary N) is 1. The van der Waals surface area contributed by atoms with E-state index in [2.05, 4.69) is 4.98 Å². The summed E-state index contributed by atoms with van der Waals surface area (Å²) in [6, 6.07) is 0. The van der Waals surface area contributed by atoms with Crippen molar-refractivity contribution in [2.24, 2.45) is 5.73 Å². The van der Waals surface area contributed by atoms with Gasteiger partial charge in [-0.25, -0.2) is 9.78 Å². The minimum absolute atomic E-state index is 0.0477. The lowest BCUT2D eigenvalue weighted by Gasteiger charge is -2.32. The molecule has 0 atom stereocenters. The molecule has 1 aliphatic heterocycles. The Morgan fingerprint density at radius 3 is 2.43 bits per heavy atom. The third kappa shape index (κ3) is 3.18. The van der Waals surface area contributed by atoms with Gasteiger partial charge in [-0.3, -0.25) is 0 Å². The Morgan fingerprint density at radius 1 is 1.43 bits per heavy atom. The van der Waals surface area contributed by atoms with Crippen LogP contribution < -0.4 is 5.73 Å². The molecule has 0 spiro atoms. The molecule has 1 aromatic rings. The highest BCUT2D eigenvalue weighted by Gasteiger charge is 2.52. The van der Waals surface area contributed by atoms with E-state index in [-0.39, 0.29) is 11.6 Å². The van der Waals surface area contributed by atoms with Crippen molar-refractivity contribution in [3.05, 3.63) is 21.6 Å².